The van der Waals surface area contributed by atoms with Crippen molar-refractivity contribution in [1.82, 2.24) is 19.5 Å². The van der Waals surface area contributed by atoms with Crippen molar-refractivity contribution >= 4 is 11.6 Å². The van der Waals surface area contributed by atoms with Gasteiger partial charge >= 0.3 is 6.18 Å². The predicted molar refractivity (Wildman–Crippen MR) is 90.3 cm³/mol. The normalized spacial score (nSPS) is 23.5. The fourth-order valence-electron chi connectivity index (χ4n) is 3.80. The molecule has 0 aliphatic carbocycles. The van der Waals surface area contributed by atoms with Crippen LogP contribution in [0.4, 0.5) is 13.2 Å². The maximum atomic E-state index is 13.4. The first-order valence-corrected chi connectivity index (χ1v) is 9.24. The molecular formula is C18H21F3N4O2. The van der Waals surface area contributed by atoms with Crippen LogP contribution in [0.15, 0.2) is 12.1 Å². The van der Waals surface area contributed by atoms with E-state index in [1.807, 2.05) is 0 Å². The average Bonchev–Trinajstić information content (AvgIpc) is 3.38. The molecule has 1 amide bonds. The Bertz CT molecular complexity index is 858. The minimum Gasteiger partial charge on any atom is -0.368 e. The molecular weight excluding hydrogens is 361 g/mol. The van der Waals surface area contributed by atoms with Crippen molar-refractivity contribution < 1.29 is 22.7 Å². The number of carbonyl (C=O) groups is 1. The Morgan fingerprint density at radius 1 is 1.33 bits per heavy atom. The smallest absolute Gasteiger partial charge is 0.368 e. The molecule has 2 aliphatic rings. The van der Waals surface area contributed by atoms with Gasteiger partial charge in [0.15, 0.2) is 5.65 Å². The highest BCUT2D eigenvalue weighted by Gasteiger charge is 2.37. The van der Waals surface area contributed by atoms with Crippen molar-refractivity contribution in [2.24, 2.45) is 0 Å². The lowest BCUT2D eigenvalue weighted by Gasteiger charge is -2.19. The molecule has 4 heterocycles. The molecule has 4 rings (SSSR count). The molecule has 2 aliphatic heterocycles. The minimum absolute atomic E-state index is 0.0267. The lowest BCUT2D eigenvalue weighted by Crippen LogP contribution is -2.37. The monoisotopic (exact) mass is 382 g/mol. The van der Waals surface area contributed by atoms with Crippen LogP contribution in [0, 0.1) is 0 Å². The summed E-state index contributed by atoms with van der Waals surface area (Å²) in [5, 5.41) is 4.19. The van der Waals surface area contributed by atoms with E-state index in [0.29, 0.717) is 43.9 Å². The number of amides is 1. The zero-order valence-electron chi connectivity index (χ0n) is 15.0. The van der Waals surface area contributed by atoms with Gasteiger partial charge in [0.05, 0.1) is 5.69 Å². The van der Waals surface area contributed by atoms with E-state index >= 15 is 0 Å². The second-order valence-electron chi connectivity index (χ2n) is 7.09. The Balaban J connectivity index is 1.60. The Kier molecular flexibility index (Phi) is 4.57. The number of hydrogen-bond donors (Lipinski definition) is 0. The van der Waals surface area contributed by atoms with Gasteiger partial charge in [-0.25, -0.2) is 9.50 Å². The summed E-state index contributed by atoms with van der Waals surface area (Å²) in [5.41, 5.74) is 0.299. The number of aromatic nitrogens is 3. The number of aryl methyl sites for hydroxylation is 1. The molecule has 2 aromatic rings. The van der Waals surface area contributed by atoms with Gasteiger partial charge in [0, 0.05) is 37.4 Å². The first-order chi connectivity index (χ1) is 12.9. The quantitative estimate of drug-likeness (QED) is 0.819. The van der Waals surface area contributed by atoms with Crippen LogP contribution in [0.2, 0.25) is 0 Å². The van der Waals surface area contributed by atoms with Crippen molar-refractivity contribution in [3.05, 3.63) is 29.2 Å². The highest BCUT2D eigenvalue weighted by atomic mass is 19.4. The van der Waals surface area contributed by atoms with E-state index in [2.05, 4.69) is 10.1 Å². The number of ether oxygens (including phenoxy) is 1. The molecule has 0 unspecified atom stereocenters. The average molecular weight is 382 g/mol. The zero-order chi connectivity index (χ0) is 19.2. The molecule has 0 radical (unpaired) electrons. The summed E-state index contributed by atoms with van der Waals surface area (Å²) in [6.45, 7) is 3.38. The topological polar surface area (TPSA) is 59.7 Å². The zero-order valence-corrected chi connectivity index (χ0v) is 15.0. The maximum absolute atomic E-state index is 13.4. The number of likely N-dealkylation sites (tertiary alicyclic amines) is 1. The van der Waals surface area contributed by atoms with Crippen LogP contribution in [-0.4, -0.2) is 51.2 Å². The SMILES string of the molecule is CCc1cc(C(F)(F)F)n2nc([C@@H]3CCN(C(=O)[C@@H]4CCCO4)C3)cc2n1. The van der Waals surface area contributed by atoms with Crippen LogP contribution < -0.4 is 0 Å². The number of rotatable bonds is 3. The second kappa shape index (κ2) is 6.78. The first-order valence-electron chi connectivity index (χ1n) is 9.24. The summed E-state index contributed by atoms with van der Waals surface area (Å²) in [5.74, 6) is -0.121. The number of alkyl halides is 3. The highest BCUT2D eigenvalue weighted by molar-refractivity contribution is 5.81. The van der Waals surface area contributed by atoms with Crippen LogP contribution in [0.1, 0.15) is 49.2 Å². The summed E-state index contributed by atoms with van der Waals surface area (Å²) in [6, 6.07) is 2.66. The molecule has 0 bridgehead atoms. The molecule has 2 atom stereocenters. The maximum Gasteiger partial charge on any atom is 0.433 e. The van der Waals surface area contributed by atoms with Gasteiger partial charge in [-0.2, -0.15) is 18.3 Å². The van der Waals surface area contributed by atoms with Crippen LogP contribution >= 0.6 is 0 Å². The summed E-state index contributed by atoms with van der Waals surface area (Å²) in [4.78, 5) is 18.5. The summed E-state index contributed by atoms with van der Waals surface area (Å²) in [7, 11) is 0. The van der Waals surface area contributed by atoms with Crippen LogP contribution in [0.3, 0.4) is 0 Å². The Morgan fingerprint density at radius 2 is 2.15 bits per heavy atom. The molecule has 0 saturated carbocycles. The van der Waals surface area contributed by atoms with Gasteiger partial charge in [-0.15, -0.1) is 0 Å². The first kappa shape index (κ1) is 18.2. The van der Waals surface area contributed by atoms with Gasteiger partial charge in [0.1, 0.15) is 11.8 Å². The van der Waals surface area contributed by atoms with E-state index < -0.39 is 11.9 Å². The molecule has 2 fully saturated rings. The van der Waals surface area contributed by atoms with Crippen LogP contribution in [0.25, 0.3) is 5.65 Å². The molecule has 9 heteroatoms. The summed E-state index contributed by atoms with van der Waals surface area (Å²) < 4.78 is 46.5. The van der Waals surface area contributed by atoms with Gasteiger partial charge < -0.3 is 9.64 Å². The van der Waals surface area contributed by atoms with E-state index in [1.165, 1.54) is 0 Å². The van der Waals surface area contributed by atoms with Crippen LogP contribution in [-0.2, 0) is 22.1 Å². The standard InChI is InChI=1S/C18H21F3N4O2/c1-2-12-8-15(18(19,20)21)25-16(22-12)9-13(23-25)11-5-6-24(10-11)17(26)14-4-3-7-27-14/h8-9,11,14H,2-7,10H2,1H3/t11-,14+/m1/s1. The van der Waals surface area contributed by atoms with Crippen molar-refractivity contribution in [2.45, 2.75) is 50.8 Å². The Morgan fingerprint density at radius 3 is 2.81 bits per heavy atom. The highest BCUT2D eigenvalue weighted by Crippen LogP contribution is 2.33. The summed E-state index contributed by atoms with van der Waals surface area (Å²) >= 11 is 0. The van der Waals surface area contributed by atoms with E-state index in [9.17, 15) is 18.0 Å². The molecule has 2 aromatic heterocycles. The molecule has 0 aromatic carbocycles. The largest absolute Gasteiger partial charge is 0.433 e. The molecule has 27 heavy (non-hydrogen) atoms. The van der Waals surface area contributed by atoms with Crippen molar-refractivity contribution in [3.8, 4) is 0 Å². The van der Waals surface area contributed by atoms with Crippen LogP contribution in [0.5, 0.6) is 0 Å². The third-order valence-electron chi connectivity index (χ3n) is 5.28. The van der Waals surface area contributed by atoms with Gasteiger partial charge in [0.25, 0.3) is 5.91 Å². The molecule has 2 saturated heterocycles. The Hall–Kier alpha value is -2.16. The van der Waals surface area contributed by atoms with Crippen molar-refractivity contribution in [3.63, 3.8) is 0 Å². The lowest BCUT2D eigenvalue weighted by atomic mass is 10.1. The van der Waals surface area contributed by atoms with Gasteiger partial charge in [0.2, 0.25) is 0 Å². The van der Waals surface area contributed by atoms with E-state index in [1.54, 1.807) is 17.9 Å². The predicted octanol–water partition coefficient (Wildman–Crippen LogP) is 2.81. The van der Waals surface area contributed by atoms with Gasteiger partial charge in [-0.05, 0) is 31.7 Å². The number of fused-ring (bicyclic) bond motifs is 1. The fraction of sp³-hybridized carbons (Fsp3) is 0.611. The number of halogens is 3. The van der Waals surface area contributed by atoms with E-state index in [4.69, 9.17) is 4.74 Å². The van der Waals surface area contributed by atoms with Gasteiger partial charge in [-0.1, -0.05) is 6.92 Å². The number of nitrogens with zero attached hydrogens (tertiary/aromatic N) is 4. The minimum atomic E-state index is -4.51. The third kappa shape index (κ3) is 3.40. The molecule has 0 N–H and O–H groups in total. The van der Waals surface area contributed by atoms with Crippen molar-refractivity contribution in [1.29, 1.82) is 0 Å². The van der Waals surface area contributed by atoms with E-state index in [-0.39, 0.29) is 23.6 Å². The fourth-order valence-corrected chi connectivity index (χ4v) is 3.80. The number of hydrogen-bond acceptors (Lipinski definition) is 4. The van der Waals surface area contributed by atoms with E-state index in [0.717, 1.165) is 23.4 Å². The van der Waals surface area contributed by atoms with Crippen molar-refractivity contribution in [2.75, 3.05) is 19.7 Å². The molecule has 6 nitrogen and oxygen atoms in total. The second-order valence-corrected chi connectivity index (χ2v) is 7.09. The molecule has 0 spiro atoms. The number of carbonyl (C=O) groups excluding carboxylic acids is 1. The third-order valence-corrected chi connectivity index (χ3v) is 5.28. The lowest BCUT2D eigenvalue weighted by molar-refractivity contribution is -0.142. The molecule has 146 valence electrons. The Labute approximate surface area is 154 Å². The summed E-state index contributed by atoms with van der Waals surface area (Å²) in [6.07, 6.45) is -2.20. The van der Waals surface area contributed by atoms with Gasteiger partial charge in [-0.3, -0.25) is 4.79 Å².